The van der Waals surface area contributed by atoms with Gasteiger partial charge in [-0.15, -0.1) is 0 Å². The van der Waals surface area contributed by atoms with E-state index in [1.165, 1.54) is 10.9 Å². The molecule has 0 radical (unpaired) electrons. The van der Waals surface area contributed by atoms with Gasteiger partial charge in [0.15, 0.2) is 0 Å². The molecule has 6 nitrogen and oxygen atoms in total. The van der Waals surface area contributed by atoms with Crippen molar-refractivity contribution in [3.8, 4) is 0 Å². The lowest BCUT2D eigenvalue weighted by Crippen LogP contribution is -2.42. The molecule has 20 heavy (non-hydrogen) atoms. The average molecular weight is 300 g/mol. The van der Waals surface area contributed by atoms with Gasteiger partial charge in [-0.2, -0.15) is 9.40 Å². The van der Waals surface area contributed by atoms with E-state index in [0.717, 1.165) is 32.4 Å². The third-order valence-corrected chi connectivity index (χ3v) is 5.48. The van der Waals surface area contributed by atoms with E-state index in [2.05, 4.69) is 17.3 Å². The molecule has 0 aliphatic carbocycles. The Balaban J connectivity index is 2.01. The molecule has 1 fully saturated rings. The van der Waals surface area contributed by atoms with Crippen LogP contribution in [0.5, 0.6) is 0 Å². The van der Waals surface area contributed by atoms with Crippen LogP contribution >= 0.6 is 0 Å². The molecule has 2 heterocycles. The first-order valence-corrected chi connectivity index (χ1v) is 8.67. The zero-order valence-corrected chi connectivity index (χ0v) is 13.1. The molecule has 1 N–H and O–H groups in total. The lowest BCUT2D eigenvalue weighted by atomic mass is 10.00. The average Bonchev–Trinajstić information content (AvgIpc) is 2.87. The molecule has 1 aliphatic heterocycles. The number of aromatic nitrogens is 2. The predicted octanol–water partition coefficient (Wildman–Crippen LogP) is 0.820. The second-order valence-corrected chi connectivity index (χ2v) is 7.36. The van der Waals surface area contributed by atoms with Gasteiger partial charge in [0.25, 0.3) is 0 Å². The largest absolute Gasteiger partial charge is 0.316 e. The Morgan fingerprint density at radius 2 is 2.30 bits per heavy atom. The zero-order chi connectivity index (χ0) is 14.6. The van der Waals surface area contributed by atoms with Crippen LogP contribution in [0.3, 0.4) is 0 Å². The molecule has 1 aromatic rings. The summed E-state index contributed by atoms with van der Waals surface area (Å²) in [7, 11) is -1.65. The van der Waals surface area contributed by atoms with Crippen molar-refractivity contribution in [1.29, 1.82) is 0 Å². The molecule has 1 aliphatic rings. The van der Waals surface area contributed by atoms with E-state index in [1.807, 2.05) is 0 Å². The van der Waals surface area contributed by atoms with Gasteiger partial charge in [-0.25, -0.2) is 8.42 Å². The molecule has 1 saturated heterocycles. The minimum Gasteiger partial charge on any atom is -0.316 e. The number of hydrogen-bond donors (Lipinski definition) is 1. The fourth-order valence-electron chi connectivity index (χ4n) is 2.58. The molecule has 114 valence electrons. The van der Waals surface area contributed by atoms with Crippen LogP contribution < -0.4 is 5.32 Å². The van der Waals surface area contributed by atoms with E-state index in [0.29, 0.717) is 23.9 Å². The highest BCUT2D eigenvalue weighted by Gasteiger charge is 2.30. The monoisotopic (exact) mass is 300 g/mol. The Hall–Kier alpha value is -0.920. The Kier molecular flexibility index (Phi) is 5.17. The Morgan fingerprint density at radius 1 is 1.50 bits per heavy atom. The zero-order valence-electron chi connectivity index (χ0n) is 12.2. The maximum absolute atomic E-state index is 12.5. The molecule has 0 saturated carbocycles. The summed E-state index contributed by atoms with van der Waals surface area (Å²) in [5.74, 6) is 0.404. The highest BCUT2D eigenvalue weighted by Crippen LogP contribution is 2.23. The number of hydrogen-bond acceptors (Lipinski definition) is 4. The number of aryl methyl sites for hydroxylation is 1. The normalized spacial score (nSPS) is 21.2. The van der Waals surface area contributed by atoms with Crippen LogP contribution in [-0.2, 0) is 17.1 Å². The molecular formula is C13H24N4O2S. The van der Waals surface area contributed by atoms with Gasteiger partial charge in [0.1, 0.15) is 4.90 Å². The van der Waals surface area contributed by atoms with E-state index >= 15 is 0 Å². The van der Waals surface area contributed by atoms with Gasteiger partial charge >= 0.3 is 0 Å². The molecule has 1 unspecified atom stereocenters. The lowest BCUT2D eigenvalue weighted by molar-refractivity contribution is 0.260. The molecule has 0 spiro atoms. The molecule has 0 aromatic carbocycles. The lowest BCUT2D eigenvalue weighted by Gasteiger charge is -2.31. The molecule has 2 rings (SSSR count). The second-order valence-electron chi connectivity index (χ2n) is 5.43. The van der Waals surface area contributed by atoms with Crippen LogP contribution in [0.15, 0.2) is 17.3 Å². The van der Waals surface area contributed by atoms with Crippen molar-refractivity contribution in [2.24, 2.45) is 13.0 Å². The van der Waals surface area contributed by atoms with Crippen molar-refractivity contribution in [2.75, 3.05) is 26.2 Å². The van der Waals surface area contributed by atoms with E-state index in [-0.39, 0.29) is 0 Å². The fraction of sp³-hybridized carbons (Fsp3) is 0.769. The number of nitrogens with one attached hydrogen (secondary N) is 1. The topological polar surface area (TPSA) is 67.2 Å². The van der Waals surface area contributed by atoms with Crippen LogP contribution in [0, 0.1) is 5.92 Å². The summed E-state index contributed by atoms with van der Waals surface area (Å²) in [6, 6.07) is 0. The van der Waals surface area contributed by atoms with E-state index in [1.54, 1.807) is 17.5 Å². The Bertz CT molecular complexity index is 526. The summed E-state index contributed by atoms with van der Waals surface area (Å²) in [4.78, 5) is 0.294. The Labute approximate surface area is 121 Å². The number of rotatable bonds is 6. The van der Waals surface area contributed by atoms with Gasteiger partial charge in [-0.1, -0.05) is 6.92 Å². The van der Waals surface area contributed by atoms with Gasteiger partial charge < -0.3 is 5.32 Å². The van der Waals surface area contributed by atoms with Crippen LogP contribution in [0.2, 0.25) is 0 Å². The van der Waals surface area contributed by atoms with Crippen LogP contribution in [0.25, 0.3) is 0 Å². The highest BCUT2D eigenvalue weighted by atomic mass is 32.2. The molecule has 0 amide bonds. The van der Waals surface area contributed by atoms with Gasteiger partial charge in [0, 0.05) is 26.3 Å². The maximum Gasteiger partial charge on any atom is 0.246 e. The third kappa shape index (κ3) is 3.59. The maximum atomic E-state index is 12.5. The fourth-order valence-corrected chi connectivity index (χ4v) is 4.12. The van der Waals surface area contributed by atoms with Crippen molar-refractivity contribution in [3.05, 3.63) is 12.4 Å². The molecule has 7 heteroatoms. The minimum absolute atomic E-state index is 0.294. The summed E-state index contributed by atoms with van der Waals surface area (Å²) in [5, 5.41) is 7.34. The van der Waals surface area contributed by atoms with Crippen molar-refractivity contribution in [3.63, 3.8) is 0 Å². The standard InChI is InChI=1S/C13H24N4O2S/c1-3-6-14-8-12-5-4-7-17(10-12)20(18,19)13-9-15-16(2)11-13/h9,11-12,14H,3-8,10H2,1-2H3. The minimum atomic E-state index is -3.38. The Morgan fingerprint density at radius 3 is 2.95 bits per heavy atom. The van der Waals surface area contributed by atoms with Gasteiger partial charge in [0.2, 0.25) is 10.0 Å². The van der Waals surface area contributed by atoms with E-state index < -0.39 is 10.0 Å². The molecular weight excluding hydrogens is 276 g/mol. The second kappa shape index (κ2) is 6.69. The van der Waals surface area contributed by atoms with E-state index in [9.17, 15) is 8.42 Å². The molecule has 1 aromatic heterocycles. The van der Waals surface area contributed by atoms with Crippen LogP contribution in [-0.4, -0.2) is 48.7 Å². The quantitative estimate of drug-likeness (QED) is 0.790. The third-order valence-electron chi connectivity index (χ3n) is 3.66. The van der Waals surface area contributed by atoms with E-state index in [4.69, 9.17) is 0 Å². The van der Waals surface area contributed by atoms with Gasteiger partial charge in [0.05, 0.1) is 6.20 Å². The number of sulfonamides is 1. The van der Waals surface area contributed by atoms with Crippen molar-refractivity contribution in [1.82, 2.24) is 19.4 Å². The smallest absolute Gasteiger partial charge is 0.246 e. The summed E-state index contributed by atoms with van der Waals surface area (Å²) < 4.78 is 28.2. The molecule has 1 atom stereocenters. The summed E-state index contributed by atoms with van der Waals surface area (Å²) >= 11 is 0. The predicted molar refractivity (Wildman–Crippen MR) is 77.9 cm³/mol. The van der Waals surface area contributed by atoms with Crippen molar-refractivity contribution >= 4 is 10.0 Å². The summed E-state index contributed by atoms with van der Waals surface area (Å²) in [6.07, 6.45) is 6.11. The molecule has 0 bridgehead atoms. The highest BCUT2D eigenvalue weighted by molar-refractivity contribution is 7.89. The van der Waals surface area contributed by atoms with Gasteiger partial charge in [-0.3, -0.25) is 4.68 Å². The first-order valence-electron chi connectivity index (χ1n) is 7.23. The first kappa shape index (κ1) is 15.5. The van der Waals surface area contributed by atoms with Gasteiger partial charge in [-0.05, 0) is 38.3 Å². The summed E-state index contributed by atoms with van der Waals surface area (Å²) in [6.45, 7) is 5.24. The summed E-state index contributed by atoms with van der Waals surface area (Å²) in [5.41, 5.74) is 0. The number of nitrogens with zero attached hydrogens (tertiary/aromatic N) is 3. The van der Waals surface area contributed by atoms with Crippen LogP contribution in [0.4, 0.5) is 0 Å². The number of piperidine rings is 1. The SMILES string of the molecule is CCCNCC1CCCN(S(=O)(=O)c2cnn(C)c2)C1. The van der Waals surface area contributed by atoms with Crippen LogP contribution in [0.1, 0.15) is 26.2 Å². The first-order chi connectivity index (χ1) is 9.54. The van der Waals surface area contributed by atoms with Crippen molar-refractivity contribution in [2.45, 2.75) is 31.1 Å². The van der Waals surface area contributed by atoms with Crippen molar-refractivity contribution < 1.29 is 8.42 Å².